The molecule has 6 bridgehead atoms. The Morgan fingerprint density at radius 3 is 0.399 bits per heavy atom. The molecule has 0 unspecified atom stereocenters. The highest BCUT2D eigenvalue weighted by atomic mass is 16.9. The molecule has 0 radical (unpaired) electrons. The zero-order chi connectivity index (χ0) is 92.4. The minimum Gasteiger partial charge on any atom is -0.536 e. The number of aromatic nitrogens is 3. The molecular weight excluding hydrogens is 1760 g/mol. The molecular formula is C93H99B6N21O18-6. The lowest BCUT2D eigenvalue weighted by atomic mass is 9.69. The van der Waals surface area contributed by atoms with Crippen molar-refractivity contribution in [3.8, 4) is 33.4 Å². The summed E-state index contributed by atoms with van der Waals surface area (Å²) in [4.78, 5) is 13.3. The predicted molar refractivity (Wildman–Crippen MR) is 527 cm³/mol. The predicted octanol–water partition coefficient (Wildman–Crippen LogP) is 13.8. The Morgan fingerprint density at radius 1 is 0.145 bits per heavy atom. The van der Waals surface area contributed by atoms with E-state index in [1.165, 1.54) is 0 Å². The summed E-state index contributed by atoms with van der Waals surface area (Å²) in [7, 11) is 0. The number of hydrogen-bond donors (Lipinski definition) is 0. The Labute approximate surface area is 794 Å². The third-order valence-corrected chi connectivity index (χ3v) is 27.3. The first kappa shape index (κ1) is 88.5. The van der Waals surface area contributed by atoms with Gasteiger partial charge in [-0.15, -0.1) is 92.8 Å². The molecule has 0 N–H and O–H groups in total. The first-order valence-corrected chi connectivity index (χ1v) is 48.6. The summed E-state index contributed by atoms with van der Waals surface area (Å²) < 4.78 is 121. The fraction of sp³-hybridized carbons (Fsp3) is 0.387. The molecule has 3 aromatic heterocycles. The summed E-state index contributed by atoms with van der Waals surface area (Å²) in [6, 6.07) is 40.0. The molecule has 12 heterocycles. The van der Waals surface area contributed by atoms with Crippen LogP contribution in [-0.4, -0.2) is 158 Å². The van der Waals surface area contributed by atoms with Crippen LogP contribution in [0.4, 0.5) is 0 Å². The lowest BCUT2D eigenvalue weighted by molar-refractivity contribution is 0.0758. The van der Waals surface area contributed by atoms with Crippen molar-refractivity contribution in [3.63, 3.8) is 0 Å². The lowest BCUT2D eigenvalue weighted by Gasteiger charge is -2.38. The third kappa shape index (κ3) is 18.7. The van der Waals surface area contributed by atoms with Gasteiger partial charge < -0.3 is 85.6 Å². The fourth-order valence-electron chi connectivity index (χ4n) is 19.1. The largest absolute Gasteiger partial charge is 0.642 e. The van der Waals surface area contributed by atoms with Crippen molar-refractivity contribution < 1.29 is 85.6 Å². The van der Waals surface area contributed by atoms with Gasteiger partial charge >= 0.3 is 40.5 Å². The van der Waals surface area contributed by atoms with E-state index in [9.17, 15) is 0 Å². The molecule has 25 rings (SSSR count). The molecule has 0 spiro atoms. The number of oxime groups is 18. The van der Waals surface area contributed by atoms with Gasteiger partial charge in [0.05, 0.1) is 103 Å². The Kier molecular flexibility index (Phi) is 25.3. The van der Waals surface area contributed by atoms with Gasteiger partial charge in [-0.3, -0.25) is 15.0 Å². The van der Waals surface area contributed by atoms with E-state index in [4.69, 9.17) is 178 Å². The van der Waals surface area contributed by atoms with Gasteiger partial charge in [0.1, 0.15) is 0 Å². The van der Waals surface area contributed by atoms with E-state index < -0.39 is 40.5 Å². The van der Waals surface area contributed by atoms with Crippen LogP contribution in [0, 0.1) is 0 Å². The zero-order valence-corrected chi connectivity index (χ0v) is 76.2. The molecule has 0 saturated heterocycles. The summed E-state index contributed by atoms with van der Waals surface area (Å²) in [5, 5.41) is 87.5. The van der Waals surface area contributed by atoms with E-state index in [-0.39, 0.29) is 0 Å². The Balaban J connectivity index is 0.689. The van der Waals surface area contributed by atoms with Crippen molar-refractivity contribution in [2.45, 2.75) is 231 Å². The molecule has 18 aliphatic rings. The molecule has 4 aromatic carbocycles. The van der Waals surface area contributed by atoms with E-state index in [0.717, 1.165) is 149 Å². The van der Waals surface area contributed by atoms with Crippen LogP contribution >= 0.6 is 0 Å². The lowest BCUT2D eigenvalue weighted by Crippen LogP contribution is -2.56. The highest BCUT2D eigenvalue weighted by Crippen LogP contribution is 2.38. The second-order valence-corrected chi connectivity index (χ2v) is 36.8. The monoisotopic (exact) mass is 1860 g/mol. The summed E-state index contributed by atoms with van der Waals surface area (Å²) in [6.07, 6.45) is 31.8. The van der Waals surface area contributed by atoms with Crippen LogP contribution in [0.25, 0.3) is 33.4 Å². The Bertz CT molecular complexity index is 5410. The molecule has 9 saturated carbocycles. The normalized spacial score (nSPS) is 32.4. The standard InChI is InChI=1S/C93H99B6N21O18/c1-10-34-85-76(25-1)103-121-94(122-104-77-26-2-11-35-86(77)113-131-97(130-112-85,73-22-19-55-100-61-73)132-114-87-36-12-3-27-78(87)105-123-94)70-49-43-64(44-50-70)67-58-68(65-45-51-71(52-46-65)95-124-106-79-28-4-13-37-88(79)115-133-98(74-23-20-56-101-62-74,134-116-89-38-14-5-29-80(89)107-125-95)135-117-90-39-15-6-30-81(90)108-126-95)60-69(59-67)66-47-53-72(54-48-66)96-127-109-82-31-7-16-40-91(82)118-136-99(75-24-21-57-102-63-75,137-119-92-41-17-8-32-83(92)110-128-96)138-120-93-42-18-9-33-84(93)111-129-96/h19-24,43-63H,1-18,25-42H2/q-6/b103-76+,104-77+,105-78+,106-79+,107-80+,108-81+,109-82+,110-83+,111-84+,112-85+,113-86+,114-87?,115-88+,116-89+,117-90?,118-91+,119-92+,120-93?. The number of hydrogen-bond acceptors (Lipinski definition) is 39. The third-order valence-electron chi connectivity index (χ3n) is 27.3. The Hall–Kier alpha value is -14.8. The summed E-state index contributed by atoms with van der Waals surface area (Å²) in [5.41, 5.74) is 15.5. The van der Waals surface area contributed by atoms with Gasteiger partial charge in [0, 0.05) is 37.2 Å². The first-order chi connectivity index (χ1) is 68.1. The van der Waals surface area contributed by atoms with Gasteiger partial charge in [-0.05, 0) is 301 Å². The van der Waals surface area contributed by atoms with Crippen molar-refractivity contribution in [3.05, 3.63) is 165 Å². The number of rotatable bonds is 9. The van der Waals surface area contributed by atoms with Crippen LogP contribution in [0.2, 0.25) is 0 Å². The van der Waals surface area contributed by atoms with Gasteiger partial charge in [-0.2, -0.15) is 0 Å². The molecule has 9 fully saturated rings. The van der Waals surface area contributed by atoms with Crippen LogP contribution in [0.15, 0.2) is 257 Å². The van der Waals surface area contributed by atoms with E-state index in [2.05, 4.69) is 33.2 Å². The average Bonchev–Trinajstić information content (AvgIpc) is 0.749. The highest BCUT2D eigenvalue weighted by Gasteiger charge is 2.50. The molecule has 45 heteroatoms. The SMILES string of the molecule is c1cncc([B-]23ON=C4CCCC/C4=N\O[B-](c4ccc(-c5cc(-c6ccc([B-]78O/N=C9\CCCCC9=NO[B-](c9cccnc9)(O/N=C9\CCCC\C9=N/O7)O/N=C7\CCCC\C7=N/O8)cc6)cc(-c6ccc([B-]78O/N=C9\CCCCC9=NO[B-](c9cccnc9)(O/N=C9\CCCC\C9=N/O7)O/N=C7\CCCC\C7=N/O8)cc6)c5)cc4)(O/N=C4\CCCC\C4=N/O2)O/N=C2\CCCC\C2=N/O3)c1. The average molecular weight is 1860 g/mol. The van der Waals surface area contributed by atoms with Gasteiger partial charge in [0.15, 0.2) is 0 Å². The van der Waals surface area contributed by atoms with Gasteiger partial charge in [-0.25, -0.2) is 0 Å². The van der Waals surface area contributed by atoms with Crippen LogP contribution in [0.3, 0.4) is 0 Å². The molecule has 39 nitrogen and oxygen atoms in total. The van der Waals surface area contributed by atoms with Gasteiger partial charge in [-0.1, -0.05) is 124 Å². The van der Waals surface area contributed by atoms with Gasteiger partial charge in [0.2, 0.25) is 0 Å². The van der Waals surface area contributed by atoms with Crippen molar-refractivity contribution >= 4 is 176 Å². The summed E-state index contributed by atoms with van der Waals surface area (Å²) in [5.74, 6) is 0. The van der Waals surface area contributed by atoms with Crippen molar-refractivity contribution in [1.29, 1.82) is 0 Å². The number of nitrogens with zero attached hydrogens (tertiary/aromatic N) is 21. The smallest absolute Gasteiger partial charge is 0.536 e. The molecule has 7 aromatic rings. The molecule has 0 amide bonds. The van der Waals surface area contributed by atoms with E-state index in [1.807, 2.05) is 72.8 Å². The van der Waals surface area contributed by atoms with Gasteiger partial charge in [0.25, 0.3) is 0 Å². The number of pyridine rings is 3. The maximum atomic E-state index is 6.90. The van der Waals surface area contributed by atoms with Crippen molar-refractivity contribution in [2.24, 2.45) is 92.8 Å². The van der Waals surface area contributed by atoms with E-state index in [0.29, 0.717) is 251 Å². The molecule has 138 heavy (non-hydrogen) atoms. The second-order valence-electron chi connectivity index (χ2n) is 36.8. The highest BCUT2D eigenvalue weighted by molar-refractivity contribution is 6.79. The zero-order valence-electron chi connectivity index (χ0n) is 76.2. The molecule has 9 aliphatic carbocycles. The van der Waals surface area contributed by atoms with Crippen LogP contribution in [0.1, 0.15) is 231 Å². The van der Waals surface area contributed by atoms with E-state index in [1.54, 1.807) is 73.6 Å². The number of fused-ring (bicyclic) bond motifs is 18. The van der Waals surface area contributed by atoms with Crippen LogP contribution in [0.5, 0.6) is 0 Å². The fourth-order valence-corrected chi connectivity index (χ4v) is 19.1. The molecule has 0 atom stereocenters. The molecule has 9 aliphatic heterocycles. The van der Waals surface area contributed by atoms with E-state index >= 15 is 0 Å². The van der Waals surface area contributed by atoms with Crippen LogP contribution < -0.4 is 32.8 Å². The first-order valence-electron chi connectivity index (χ1n) is 48.6. The van der Waals surface area contributed by atoms with Crippen molar-refractivity contribution in [2.75, 3.05) is 0 Å². The van der Waals surface area contributed by atoms with Crippen LogP contribution in [-0.2, 0) is 85.6 Å². The second kappa shape index (κ2) is 39.5. The quantitative estimate of drug-likeness (QED) is 0.121. The maximum absolute atomic E-state index is 6.90. The molecule has 708 valence electrons. The summed E-state index contributed by atoms with van der Waals surface area (Å²) in [6.45, 7) is -19.3. The Morgan fingerprint density at radius 2 is 0.275 bits per heavy atom. The minimum absolute atomic E-state index is 0.390. The number of benzene rings is 4. The summed E-state index contributed by atoms with van der Waals surface area (Å²) >= 11 is 0. The van der Waals surface area contributed by atoms with Crippen molar-refractivity contribution in [1.82, 2.24) is 15.0 Å². The maximum Gasteiger partial charge on any atom is 0.642 e. The minimum atomic E-state index is -3.33. The topological polar surface area (TPSA) is 427 Å².